The molecule has 4 aliphatic rings. The third-order valence-electron chi connectivity index (χ3n) is 10.1. The number of hydrogen-bond donors (Lipinski definition) is 1. The van der Waals surface area contributed by atoms with Gasteiger partial charge in [-0.2, -0.15) is 0 Å². The Labute approximate surface area is 246 Å². The molecule has 0 bridgehead atoms. The highest BCUT2D eigenvalue weighted by atomic mass is 19.1. The number of amides is 1. The molecular weight excluding hydrogens is 539 g/mol. The lowest BCUT2D eigenvalue weighted by Gasteiger charge is -2.43. The zero-order valence-corrected chi connectivity index (χ0v) is 25.4. The average Bonchev–Trinajstić information content (AvgIpc) is 3.86. The number of rotatable bonds is 6. The molecule has 10 heteroatoms. The maximum absolute atomic E-state index is 15.8. The van der Waals surface area contributed by atoms with Gasteiger partial charge in [-0.05, 0) is 109 Å². The highest BCUT2D eigenvalue weighted by molar-refractivity contribution is 5.89. The van der Waals surface area contributed by atoms with E-state index in [1.807, 2.05) is 32.6 Å². The van der Waals surface area contributed by atoms with Crippen molar-refractivity contribution in [2.24, 2.45) is 5.92 Å². The number of carbonyl (C=O) groups excluding carboxylic acids is 1. The van der Waals surface area contributed by atoms with Gasteiger partial charge in [0.2, 0.25) is 0 Å². The van der Waals surface area contributed by atoms with Gasteiger partial charge >= 0.3 is 12.1 Å². The first-order valence-corrected chi connectivity index (χ1v) is 15.4. The number of anilines is 1. The van der Waals surface area contributed by atoms with Crippen molar-refractivity contribution in [2.45, 2.75) is 95.7 Å². The largest absolute Gasteiger partial charge is 0.477 e. The number of carboxylic acid groups (broad SMARTS) is 1. The summed E-state index contributed by atoms with van der Waals surface area (Å²) in [6.07, 6.45) is 7.85. The summed E-state index contributed by atoms with van der Waals surface area (Å²) >= 11 is 0. The fourth-order valence-corrected chi connectivity index (χ4v) is 7.59. The molecule has 2 aromatic heterocycles. The second-order valence-electron chi connectivity index (χ2n) is 13.9. The Morgan fingerprint density at radius 2 is 1.76 bits per heavy atom. The molecule has 1 N–H and O–H groups in total. The Morgan fingerprint density at radius 3 is 2.33 bits per heavy atom. The number of carboxylic acids is 1. The van der Waals surface area contributed by atoms with E-state index >= 15 is 4.39 Å². The van der Waals surface area contributed by atoms with E-state index in [0.717, 1.165) is 63.6 Å². The molecule has 42 heavy (non-hydrogen) atoms. The van der Waals surface area contributed by atoms with Crippen molar-refractivity contribution in [1.82, 2.24) is 14.2 Å². The summed E-state index contributed by atoms with van der Waals surface area (Å²) in [7, 11) is 2.22. The summed E-state index contributed by atoms with van der Waals surface area (Å²) in [4.78, 5) is 43.8. The number of aryl methyl sites for hydroxylation is 1. The summed E-state index contributed by atoms with van der Waals surface area (Å²) in [6.45, 7) is 10.4. The minimum Gasteiger partial charge on any atom is -0.477 e. The van der Waals surface area contributed by atoms with Crippen LogP contribution < -0.4 is 10.5 Å². The lowest BCUT2D eigenvalue weighted by molar-refractivity contribution is 0.00936. The number of halogens is 1. The number of pyridine rings is 2. The van der Waals surface area contributed by atoms with Crippen LogP contribution in [0.3, 0.4) is 0 Å². The highest BCUT2D eigenvalue weighted by Gasteiger charge is 2.55. The molecule has 6 rings (SSSR count). The Bertz CT molecular complexity index is 1480. The fraction of sp³-hybridized carbons (Fsp3) is 0.656. The first-order chi connectivity index (χ1) is 19.8. The number of aromatic nitrogens is 1. The van der Waals surface area contributed by atoms with Gasteiger partial charge in [0.1, 0.15) is 11.2 Å². The van der Waals surface area contributed by atoms with Crippen molar-refractivity contribution in [3.05, 3.63) is 45.1 Å². The SMILES string of the molecule is Cc1c(N2CCC(C3(N(C)C4CCN(C(=O)OC(C)(C)C)CC4)CC3)C2)c(F)cn2c(=O)c(C(=O)O)cc(C3CC3)c12. The molecule has 2 aliphatic carbocycles. The summed E-state index contributed by atoms with van der Waals surface area (Å²) in [6, 6.07) is 1.90. The van der Waals surface area contributed by atoms with Gasteiger partial charge in [-0.25, -0.2) is 14.0 Å². The molecule has 2 saturated heterocycles. The van der Waals surface area contributed by atoms with Crippen LogP contribution in [0.5, 0.6) is 0 Å². The zero-order valence-electron chi connectivity index (χ0n) is 25.4. The van der Waals surface area contributed by atoms with Gasteiger partial charge in [0.15, 0.2) is 5.82 Å². The van der Waals surface area contributed by atoms with Crippen LogP contribution in [0.4, 0.5) is 14.9 Å². The summed E-state index contributed by atoms with van der Waals surface area (Å²) in [5.41, 5.74) is 1.31. The van der Waals surface area contributed by atoms with Gasteiger partial charge in [0, 0.05) is 37.8 Å². The van der Waals surface area contributed by atoms with E-state index in [1.54, 1.807) is 0 Å². The molecule has 1 atom stereocenters. The lowest BCUT2D eigenvalue weighted by Crippen LogP contribution is -2.52. The zero-order chi connectivity index (χ0) is 30.1. The van der Waals surface area contributed by atoms with E-state index in [-0.39, 0.29) is 23.1 Å². The van der Waals surface area contributed by atoms with Crippen LogP contribution in [0.15, 0.2) is 17.1 Å². The number of piperidine rings is 1. The fourth-order valence-electron chi connectivity index (χ4n) is 7.59. The van der Waals surface area contributed by atoms with Gasteiger partial charge in [0.05, 0.1) is 17.4 Å². The number of likely N-dealkylation sites (tertiary alicyclic amines) is 1. The first kappa shape index (κ1) is 29.0. The van der Waals surface area contributed by atoms with Crippen LogP contribution in [0.25, 0.3) is 5.52 Å². The molecule has 1 unspecified atom stereocenters. The van der Waals surface area contributed by atoms with Gasteiger partial charge in [0.25, 0.3) is 5.56 Å². The molecule has 2 aromatic rings. The Hall–Kier alpha value is -3.14. The summed E-state index contributed by atoms with van der Waals surface area (Å²) in [5.74, 6) is -1.18. The van der Waals surface area contributed by atoms with E-state index in [4.69, 9.17) is 4.74 Å². The van der Waals surface area contributed by atoms with E-state index in [0.29, 0.717) is 41.8 Å². The van der Waals surface area contributed by atoms with E-state index in [1.165, 1.54) is 16.7 Å². The molecule has 0 aromatic carbocycles. The van der Waals surface area contributed by atoms with Crippen molar-refractivity contribution in [2.75, 3.05) is 38.1 Å². The number of nitrogens with zero attached hydrogens (tertiary/aromatic N) is 4. The van der Waals surface area contributed by atoms with Gasteiger partial charge < -0.3 is 19.6 Å². The molecule has 9 nitrogen and oxygen atoms in total. The topological polar surface area (TPSA) is 94.8 Å². The second kappa shape index (κ2) is 10.2. The van der Waals surface area contributed by atoms with Gasteiger partial charge in [-0.1, -0.05) is 0 Å². The summed E-state index contributed by atoms with van der Waals surface area (Å²) < 4.78 is 22.6. The molecule has 2 saturated carbocycles. The predicted molar refractivity (Wildman–Crippen MR) is 158 cm³/mol. The van der Waals surface area contributed by atoms with Crippen molar-refractivity contribution in [3.63, 3.8) is 0 Å². The Balaban J connectivity index is 1.20. The third-order valence-corrected chi connectivity index (χ3v) is 10.1. The number of fused-ring (bicyclic) bond motifs is 1. The maximum atomic E-state index is 15.8. The second-order valence-corrected chi connectivity index (χ2v) is 13.9. The van der Waals surface area contributed by atoms with Crippen LogP contribution in [0.1, 0.15) is 93.1 Å². The molecular formula is C32H43FN4O5. The van der Waals surface area contributed by atoms with E-state index < -0.39 is 22.9 Å². The number of aromatic carboxylic acids is 1. The molecule has 0 radical (unpaired) electrons. The quantitative estimate of drug-likeness (QED) is 0.512. The lowest BCUT2D eigenvalue weighted by atomic mass is 9.91. The number of hydrogen-bond acceptors (Lipinski definition) is 6. The number of carbonyl (C=O) groups is 2. The van der Waals surface area contributed by atoms with Gasteiger partial charge in [-0.15, -0.1) is 0 Å². The smallest absolute Gasteiger partial charge is 0.410 e. The predicted octanol–water partition coefficient (Wildman–Crippen LogP) is 5.01. The van der Waals surface area contributed by atoms with E-state index in [9.17, 15) is 19.5 Å². The van der Waals surface area contributed by atoms with Gasteiger partial charge in [-0.3, -0.25) is 14.1 Å². The van der Waals surface area contributed by atoms with Crippen molar-refractivity contribution >= 4 is 23.3 Å². The van der Waals surface area contributed by atoms with Crippen LogP contribution in [-0.4, -0.2) is 81.8 Å². The van der Waals surface area contributed by atoms with Crippen LogP contribution in [0.2, 0.25) is 0 Å². The molecule has 1 amide bonds. The normalized spacial score (nSPS) is 22.7. The first-order valence-electron chi connectivity index (χ1n) is 15.4. The maximum Gasteiger partial charge on any atom is 0.410 e. The molecule has 4 fully saturated rings. The average molecular weight is 583 g/mol. The minimum absolute atomic E-state index is 0.0846. The highest BCUT2D eigenvalue weighted by Crippen LogP contribution is 2.53. The monoisotopic (exact) mass is 582 g/mol. The summed E-state index contributed by atoms with van der Waals surface area (Å²) in [5, 5.41) is 9.60. The van der Waals surface area contributed by atoms with E-state index in [2.05, 4.69) is 16.8 Å². The molecule has 2 aliphatic heterocycles. The molecule has 228 valence electrons. The van der Waals surface area contributed by atoms with Crippen LogP contribution in [0, 0.1) is 18.7 Å². The number of ether oxygens (including phenoxy) is 1. The van der Waals surface area contributed by atoms with Crippen molar-refractivity contribution in [3.8, 4) is 0 Å². The molecule has 0 spiro atoms. The Morgan fingerprint density at radius 1 is 1.10 bits per heavy atom. The van der Waals surface area contributed by atoms with Crippen LogP contribution >= 0.6 is 0 Å². The minimum atomic E-state index is -1.28. The third kappa shape index (κ3) is 5.05. The van der Waals surface area contributed by atoms with Crippen molar-refractivity contribution < 1.29 is 23.8 Å². The molecule has 4 heterocycles. The van der Waals surface area contributed by atoms with Crippen molar-refractivity contribution in [1.29, 1.82) is 0 Å². The van der Waals surface area contributed by atoms with Crippen LogP contribution in [-0.2, 0) is 4.74 Å². The standard InChI is InChI=1S/C32H43FN4O5/c1-19-26-23(20-6-7-20)16-24(29(39)40)28(38)37(26)18-25(33)27(19)36-13-8-21(17-36)32(11-12-32)34(5)22-9-14-35(15-10-22)30(41)42-31(2,3)4/h16,18,20-22H,6-15,17H2,1-5H3,(H,39,40). The Kier molecular flexibility index (Phi) is 7.06.